The minimum atomic E-state index is -2.89. The first-order valence-electron chi connectivity index (χ1n) is 4.32. The van der Waals surface area contributed by atoms with E-state index >= 15 is 0 Å². The molecule has 0 saturated heterocycles. The van der Waals surface area contributed by atoms with E-state index in [0.29, 0.717) is 6.54 Å². The van der Waals surface area contributed by atoms with Gasteiger partial charge in [-0.15, -0.1) is 12.6 Å². The summed E-state index contributed by atoms with van der Waals surface area (Å²) in [6.07, 6.45) is 0. The third-order valence-electron chi connectivity index (χ3n) is 1.86. The Hall–Kier alpha value is 0.130. The normalized spacial score (nSPS) is 12.9. The molecule has 0 aromatic heterocycles. The molecule has 0 N–H and O–H groups in total. The number of halogens is 2. The van der Waals surface area contributed by atoms with Crippen LogP contribution in [-0.4, -0.2) is 55.3 Å². The average molecular weight is 212 g/mol. The molecule has 0 aromatic rings. The molecule has 0 unspecified atom stereocenters. The van der Waals surface area contributed by atoms with Crippen LogP contribution in [0.4, 0.5) is 8.78 Å². The Morgan fingerprint density at radius 2 is 1.62 bits per heavy atom. The van der Waals surface area contributed by atoms with Gasteiger partial charge in [-0.05, 0) is 20.6 Å². The van der Waals surface area contributed by atoms with Gasteiger partial charge in [-0.2, -0.15) is 8.78 Å². The van der Waals surface area contributed by atoms with Crippen LogP contribution in [0.15, 0.2) is 0 Å². The highest BCUT2D eigenvalue weighted by Crippen LogP contribution is 2.18. The first-order valence-corrected chi connectivity index (χ1v) is 4.77. The Bertz CT molecular complexity index is 139. The van der Waals surface area contributed by atoms with Crippen LogP contribution >= 0.6 is 12.6 Å². The number of thiol groups is 1. The molecule has 0 heterocycles. The number of nitrogens with zero attached hydrogens (tertiary/aromatic N) is 2. The lowest BCUT2D eigenvalue weighted by Crippen LogP contribution is -2.36. The van der Waals surface area contributed by atoms with Gasteiger partial charge in [0.05, 0.1) is 6.54 Å². The largest absolute Gasteiger partial charge is 0.305 e. The van der Waals surface area contributed by atoms with Crippen molar-refractivity contribution in [2.45, 2.75) is 12.2 Å². The molecule has 0 aliphatic carbocycles. The second-order valence-electron chi connectivity index (χ2n) is 3.30. The number of rotatable bonds is 6. The third-order valence-corrected chi connectivity index (χ3v) is 2.00. The summed E-state index contributed by atoms with van der Waals surface area (Å²) in [6.45, 7) is 4.11. The van der Waals surface area contributed by atoms with Gasteiger partial charge in [-0.3, -0.25) is 4.90 Å². The fourth-order valence-corrected chi connectivity index (χ4v) is 1.14. The molecule has 0 saturated carbocycles. The summed E-state index contributed by atoms with van der Waals surface area (Å²) in [6, 6.07) is 0. The van der Waals surface area contributed by atoms with E-state index in [0.717, 1.165) is 13.1 Å². The minimum Gasteiger partial charge on any atom is -0.305 e. The summed E-state index contributed by atoms with van der Waals surface area (Å²) in [5.74, 6) is 0. The van der Waals surface area contributed by atoms with Gasteiger partial charge >= 0.3 is 5.25 Å². The molecule has 80 valence electrons. The Labute approximate surface area is 84.3 Å². The summed E-state index contributed by atoms with van der Waals surface area (Å²) < 4.78 is 24.8. The Kier molecular flexibility index (Phi) is 5.83. The molecule has 0 radical (unpaired) electrons. The van der Waals surface area contributed by atoms with Crippen molar-refractivity contribution in [3.63, 3.8) is 0 Å². The van der Waals surface area contributed by atoms with Gasteiger partial charge in [0.25, 0.3) is 0 Å². The third kappa shape index (κ3) is 8.46. The summed E-state index contributed by atoms with van der Waals surface area (Å²) in [4.78, 5) is 3.66. The van der Waals surface area contributed by atoms with Crippen molar-refractivity contribution in [1.29, 1.82) is 0 Å². The standard InChI is InChI=1S/C8H18F2N2S/c1-4-11(2)5-6-12(3)7-8(9,10)13/h13H,4-7H2,1-3H3. The van der Waals surface area contributed by atoms with Crippen LogP contribution in [0.3, 0.4) is 0 Å². The summed E-state index contributed by atoms with van der Waals surface area (Å²) in [7, 11) is 3.64. The molecule has 0 amide bonds. The zero-order valence-electron chi connectivity index (χ0n) is 8.43. The summed E-state index contributed by atoms with van der Waals surface area (Å²) in [5, 5.41) is -2.89. The number of alkyl halides is 2. The maximum atomic E-state index is 12.4. The van der Waals surface area contributed by atoms with Gasteiger partial charge in [-0.25, -0.2) is 0 Å². The maximum absolute atomic E-state index is 12.4. The van der Waals surface area contributed by atoms with Crippen molar-refractivity contribution in [3.8, 4) is 0 Å². The molecule has 0 atom stereocenters. The van der Waals surface area contributed by atoms with E-state index in [9.17, 15) is 8.78 Å². The molecule has 0 aromatic carbocycles. The van der Waals surface area contributed by atoms with Crippen LogP contribution < -0.4 is 0 Å². The van der Waals surface area contributed by atoms with Crippen LogP contribution in [0, 0.1) is 0 Å². The van der Waals surface area contributed by atoms with E-state index < -0.39 is 5.25 Å². The van der Waals surface area contributed by atoms with Crippen LogP contribution in [0.25, 0.3) is 0 Å². The maximum Gasteiger partial charge on any atom is 0.303 e. The molecule has 0 spiro atoms. The van der Waals surface area contributed by atoms with Gasteiger partial charge in [-0.1, -0.05) is 6.92 Å². The average Bonchev–Trinajstić information content (AvgIpc) is 1.97. The number of likely N-dealkylation sites (N-methyl/N-ethyl adjacent to an activating group) is 2. The molecule has 0 rings (SSSR count). The fourth-order valence-electron chi connectivity index (χ4n) is 0.903. The first-order chi connectivity index (χ1) is 5.85. The van der Waals surface area contributed by atoms with Crippen LogP contribution in [0.1, 0.15) is 6.92 Å². The smallest absolute Gasteiger partial charge is 0.303 e. The highest BCUT2D eigenvalue weighted by atomic mass is 32.1. The first kappa shape index (κ1) is 13.1. The highest BCUT2D eigenvalue weighted by molar-refractivity contribution is 7.81. The predicted octanol–water partition coefficient (Wildman–Crippen LogP) is 1.39. The van der Waals surface area contributed by atoms with Gasteiger partial charge in [0.1, 0.15) is 0 Å². The molecule has 2 nitrogen and oxygen atoms in total. The lowest BCUT2D eigenvalue weighted by molar-refractivity contribution is 0.0643. The highest BCUT2D eigenvalue weighted by Gasteiger charge is 2.24. The number of hydrogen-bond donors (Lipinski definition) is 1. The van der Waals surface area contributed by atoms with Crippen molar-refractivity contribution in [3.05, 3.63) is 0 Å². The van der Waals surface area contributed by atoms with Gasteiger partial charge in [0, 0.05) is 13.1 Å². The van der Waals surface area contributed by atoms with Gasteiger partial charge in [0.15, 0.2) is 0 Å². The molecule has 0 fully saturated rings. The lowest BCUT2D eigenvalue weighted by atomic mass is 10.4. The van der Waals surface area contributed by atoms with E-state index in [2.05, 4.69) is 17.5 Å². The summed E-state index contributed by atoms with van der Waals surface area (Å²) in [5.41, 5.74) is 0. The van der Waals surface area contributed by atoms with Crippen LogP contribution in [-0.2, 0) is 0 Å². The van der Waals surface area contributed by atoms with Crippen molar-refractivity contribution in [2.75, 3.05) is 40.3 Å². The van der Waals surface area contributed by atoms with Crippen LogP contribution in [0.5, 0.6) is 0 Å². The van der Waals surface area contributed by atoms with Gasteiger partial charge in [0.2, 0.25) is 0 Å². The van der Waals surface area contributed by atoms with E-state index in [1.165, 1.54) is 0 Å². The van der Waals surface area contributed by atoms with Crippen LogP contribution in [0.2, 0.25) is 0 Å². The molecule has 0 aliphatic heterocycles. The SMILES string of the molecule is CCN(C)CCN(C)CC(F)(F)S. The van der Waals surface area contributed by atoms with Crippen molar-refractivity contribution >= 4 is 12.6 Å². The van der Waals surface area contributed by atoms with E-state index in [1.54, 1.807) is 11.9 Å². The fraction of sp³-hybridized carbons (Fsp3) is 1.00. The zero-order chi connectivity index (χ0) is 10.5. The molecule has 0 bridgehead atoms. The monoisotopic (exact) mass is 212 g/mol. The predicted molar refractivity (Wildman–Crippen MR) is 54.6 cm³/mol. The van der Waals surface area contributed by atoms with Crippen molar-refractivity contribution < 1.29 is 8.78 Å². The van der Waals surface area contributed by atoms with Crippen molar-refractivity contribution in [1.82, 2.24) is 9.80 Å². The molecular formula is C8H18F2N2S. The second-order valence-corrected chi connectivity index (χ2v) is 3.95. The van der Waals surface area contributed by atoms with Gasteiger partial charge < -0.3 is 4.90 Å². The molecular weight excluding hydrogens is 194 g/mol. The Balaban J connectivity index is 3.57. The topological polar surface area (TPSA) is 6.48 Å². The zero-order valence-corrected chi connectivity index (χ0v) is 9.32. The molecule has 5 heteroatoms. The Morgan fingerprint density at radius 3 is 2.00 bits per heavy atom. The number of hydrogen-bond acceptors (Lipinski definition) is 3. The Morgan fingerprint density at radius 1 is 1.15 bits per heavy atom. The second kappa shape index (κ2) is 5.78. The molecule has 0 aliphatic rings. The van der Waals surface area contributed by atoms with E-state index in [4.69, 9.17) is 0 Å². The quantitative estimate of drug-likeness (QED) is 0.665. The minimum absolute atomic E-state index is 0.298. The lowest BCUT2D eigenvalue weighted by Gasteiger charge is -2.22. The van der Waals surface area contributed by atoms with E-state index in [1.807, 2.05) is 14.0 Å². The van der Waals surface area contributed by atoms with Crippen molar-refractivity contribution in [2.24, 2.45) is 0 Å². The summed E-state index contributed by atoms with van der Waals surface area (Å²) >= 11 is 3.17. The molecule has 13 heavy (non-hydrogen) atoms. The van der Waals surface area contributed by atoms with E-state index in [-0.39, 0.29) is 6.54 Å².